The number of nitrogens with two attached hydrogens (primary N) is 1. The van der Waals surface area contributed by atoms with Crippen molar-refractivity contribution in [2.75, 3.05) is 5.73 Å². The highest BCUT2D eigenvalue weighted by Crippen LogP contribution is 2.20. The quantitative estimate of drug-likeness (QED) is 0.751. The van der Waals surface area contributed by atoms with Crippen molar-refractivity contribution in [2.24, 2.45) is 0 Å². The summed E-state index contributed by atoms with van der Waals surface area (Å²) < 4.78 is 17.8. The third-order valence-electron chi connectivity index (χ3n) is 3.00. The molecule has 0 saturated carbocycles. The number of anilines is 1. The molecule has 5 heteroatoms. The maximum absolute atomic E-state index is 12.3. The van der Waals surface area contributed by atoms with E-state index in [1.54, 1.807) is 18.2 Å². The smallest absolute Gasteiger partial charge is 0.208 e. The predicted molar refractivity (Wildman–Crippen MR) is 79.7 cm³/mol. The van der Waals surface area contributed by atoms with Crippen LogP contribution in [0.5, 0.6) is 0 Å². The molecule has 0 aliphatic rings. The lowest BCUT2D eigenvalue weighted by Gasteiger charge is -1.99. The van der Waals surface area contributed by atoms with Gasteiger partial charge in [-0.2, -0.15) is 0 Å². The Kier molecular flexibility index (Phi) is 3.28. The van der Waals surface area contributed by atoms with Gasteiger partial charge in [-0.05, 0) is 31.2 Å². The van der Waals surface area contributed by atoms with Gasteiger partial charge in [0.2, 0.25) is 5.89 Å². The summed E-state index contributed by atoms with van der Waals surface area (Å²) >= 11 is 0. The van der Waals surface area contributed by atoms with Gasteiger partial charge in [0.05, 0.1) is 10.8 Å². The van der Waals surface area contributed by atoms with Crippen molar-refractivity contribution in [3.8, 4) is 0 Å². The van der Waals surface area contributed by atoms with E-state index in [9.17, 15) is 4.21 Å². The molecule has 0 radical (unpaired) electrons. The first-order valence-electron chi connectivity index (χ1n) is 6.22. The van der Waals surface area contributed by atoms with Crippen molar-refractivity contribution < 1.29 is 8.63 Å². The first kappa shape index (κ1) is 12.9. The van der Waals surface area contributed by atoms with Crippen LogP contribution >= 0.6 is 0 Å². The SMILES string of the molecule is Cc1ccc(S(=O)Cc2nc3ccc(N)cc3o2)cc1. The van der Waals surface area contributed by atoms with E-state index in [0.717, 1.165) is 16.0 Å². The standard InChI is InChI=1S/C15H14N2O2S/c1-10-2-5-12(6-3-10)20(18)9-15-17-13-7-4-11(16)8-14(13)19-15/h2-8H,9,16H2,1H3. The second-order valence-corrected chi connectivity index (χ2v) is 6.09. The number of nitrogen functional groups attached to an aromatic ring is 1. The van der Waals surface area contributed by atoms with Crippen molar-refractivity contribution in [1.29, 1.82) is 0 Å². The minimum absolute atomic E-state index is 0.262. The van der Waals surface area contributed by atoms with E-state index in [4.69, 9.17) is 10.2 Å². The molecule has 1 heterocycles. The molecule has 1 unspecified atom stereocenters. The Labute approximate surface area is 119 Å². The lowest BCUT2D eigenvalue weighted by molar-refractivity contribution is 0.552. The molecular weight excluding hydrogens is 272 g/mol. The number of aryl methyl sites for hydroxylation is 1. The van der Waals surface area contributed by atoms with E-state index >= 15 is 0 Å². The van der Waals surface area contributed by atoms with Crippen LogP contribution in [-0.2, 0) is 16.6 Å². The predicted octanol–water partition coefficient (Wildman–Crippen LogP) is 3.03. The summed E-state index contributed by atoms with van der Waals surface area (Å²) in [7, 11) is -1.16. The van der Waals surface area contributed by atoms with E-state index < -0.39 is 10.8 Å². The van der Waals surface area contributed by atoms with E-state index in [1.807, 2.05) is 31.2 Å². The summed E-state index contributed by atoms with van der Waals surface area (Å²) in [6.07, 6.45) is 0. The molecular formula is C15H14N2O2S. The summed E-state index contributed by atoms with van der Waals surface area (Å²) in [6, 6.07) is 12.9. The highest BCUT2D eigenvalue weighted by Gasteiger charge is 2.11. The Morgan fingerprint density at radius 2 is 1.95 bits per heavy atom. The van der Waals surface area contributed by atoms with Gasteiger partial charge in [-0.15, -0.1) is 0 Å². The lowest BCUT2D eigenvalue weighted by Crippen LogP contribution is -1.96. The number of hydrogen-bond donors (Lipinski definition) is 1. The van der Waals surface area contributed by atoms with E-state index in [1.165, 1.54) is 0 Å². The Morgan fingerprint density at radius 3 is 2.70 bits per heavy atom. The van der Waals surface area contributed by atoms with Gasteiger partial charge in [0.25, 0.3) is 0 Å². The number of oxazole rings is 1. The monoisotopic (exact) mass is 286 g/mol. The Bertz CT molecular complexity index is 778. The zero-order valence-corrected chi connectivity index (χ0v) is 11.8. The third-order valence-corrected chi connectivity index (χ3v) is 4.30. The molecule has 2 aromatic carbocycles. The molecule has 1 aromatic heterocycles. The molecule has 20 heavy (non-hydrogen) atoms. The van der Waals surface area contributed by atoms with Crippen LogP contribution in [-0.4, -0.2) is 9.19 Å². The molecule has 102 valence electrons. The van der Waals surface area contributed by atoms with Gasteiger partial charge in [-0.3, -0.25) is 4.21 Å². The van der Waals surface area contributed by atoms with Gasteiger partial charge in [0, 0.05) is 16.6 Å². The third kappa shape index (κ3) is 2.58. The molecule has 0 fully saturated rings. The van der Waals surface area contributed by atoms with Crippen LogP contribution in [0.3, 0.4) is 0 Å². The van der Waals surface area contributed by atoms with Gasteiger partial charge >= 0.3 is 0 Å². The van der Waals surface area contributed by atoms with Crippen LogP contribution in [0.15, 0.2) is 51.8 Å². The molecule has 0 saturated heterocycles. The molecule has 1 atom stereocenters. The summed E-state index contributed by atoms with van der Waals surface area (Å²) in [5.74, 6) is 0.724. The second kappa shape index (κ2) is 5.09. The first-order valence-corrected chi connectivity index (χ1v) is 7.54. The maximum Gasteiger partial charge on any atom is 0.208 e. The highest BCUT2D eigenvalue weighted by atomic mass is 32.2. The molecule has 0 aliphatic heterocycles. The summed E-state index contributed by atoms with van der Waals surface area (Å²) in [5, 5.41) is 0. The van der Waals surface area contributed by atoms with Gasteiger partial charge in [-0.25, -0.2) is 4.98 Å². The molecule has 0 amide bonds. The molecule has 3 aromatic rings. The van der Waals surface area contributed by atoms with Gasteiger partial charge in [0.1, 0.15) is 11.3 Å². The summed E-state index contributed by atoms with van der Waals surface area (Å²) in [6.45, 7) is 2.00. The Balaban J connectivity index is 1.85. The molecule has 3 rings (SSSR count). The number of benzene rings is 2. The highest BCUT2D eigenvalue weighted by molar-refractivity contribution is 7.84. The van der Waals surface area contributed by atoms with Crippen LogP contribution < -0.4 is 5.73 Å². The van der Waals surface area contributed by atoms with Crippen LogP contribution in [0.25, 0.3) is 11.1 Å². The van der Waals surface area contributed by atoms with Gasteiger partial charge in [0.15, 0.2) is 5.58 Å². The van der Waals surface area contributed by atoms with E-state index in [2.05, 4.69) is 4.98 Å². The van der Waals surface area contributed by atoms with Crippen molar-refractivity contribution in [2.45, 2.75) is 17.6 Å². The summed E-state index contributed by atoms with van der Waals surface area (Å²) in [4.78, 5) is 5.10. The number of rotatable bonds is 3. The minimum Gasteiger partial charge on any atom is -0.440 e. The second-order valence-electron chi connectivity index (χ2n) is 4.64. The molecule has 2 N–H and O–H groups in total. The topological polar surface area (TPSA) is 69.1 Å². The first-order chi connectivity index (χ1) is 9.61. The fraction of sp³-hybridized carbons (Fsp3) is 0.133. The summed E-state index contributed by atoms with van der Waals surface area (Å²) in [5.41, 5.74) is 8.82. The average molecular weight is 286 g/mol. The zero-order chi connectivity index (χ0) is 14.1. The van der Waals surface area contributed by atoms with Crippen LogP contribution in [0, 0.1) is 6.92 Å². The van der Waals surface area contributed by atoms with E-state index in [-0.39, 0.29) is 5.75 Å². The zero-order valence-electron chi connectivity index (χ0n) is 11.0. The van der Waals surface area contributed by atoms with Crippen LogP contribution in [0.2, 0.25) is 0 Å². The van der Waals surface area contributed by atoms with Crippen molar-refractivity contribution in [1.82, 2.24) is 4.98 Å². The largest absolute Gasteiger partial charge is 0.440 e. The Hall–Kier alpha value is -2.14. The molecule has 0 bridgehead atoms. The van der Waals surface area contributed by atoms with Crippen LogP contribution in [0.1, 0.15) is 11.5 Å². The number of aromatic nitrogens is 1. The normalized spacial score (nSPS) is 12.7. The minimum atomic E-state index is -1.16. The average Bonchev–Trinajstić information content (AvgIpc) is 2.80. The number of hydrogen-bond acceptors (Lipinski definition) is 4. The van der Waals surface area contributed by atoms with Crippen molar-refractivity contribution in [3.05, 3.63) is 53.9 Å². The van der Waals surface area contributed by atoms with E-state index in [0.29, 0.717) is 17.2 Å². The number of nitrogens with zero attached hydrogens (tertiary/aromatic N) is 1. The maximum atomic E-state index is 12.3. The van der Waals surface area contributed by atoms with Crippen molar-refractivity contribution in [3.63, 3.8) is 0 Å². The lowest BCUT2D eigenvalue weighted by atomic mass is 10.2. The molecule has 4 nitrogen and oxygen atoms in total. The van der Waals surface area contributed by atoms with Gasteiger partial charge in [-0.1, -0.05) is 17.7 Å². The van der Waals surface area contributed by atoms with Gasteiger partial charge < -0.3 is 10.2 Å². The molecule has 0 aliphatic carbocycles. The fourth-order valence-electron chi connectivity index (χ4n) is 1.94. The number of fused-ring (bicyclic) bond motifs is 1. The fourth-order valence-corrected chi connectivity index (χ4v) is 2.89. The van der Waals surface area contributed by atoms with Crippen molar-refractivity contribution >= 4 is 27.6 Å². The Morgan fingerprint density at radius 1 is 1.20 bits per heavy atom. The molecule has 0 spiro atoms. The van der Waals surface area contributed by atoms with Crippen LogP contribution in [0.4, 0.5) is 5.69 Å².